The maximum atomic E-state index is 13.7. The van der Waals surface area contributed by atoms with Crippen molar-refractivity contribution in [2.45, 2.75) is 13.0 Å². The quantitative estimate of drug-likeness (QED) is 0.355. The van der Waals surface area contributed by atoms with E-state index in [-0.39, 0.29) is 41.3 Å². The number of hydrogen-bond acceptors (Lipinski definition) is 3. The van der Waals surface area contributed by atoms with Crippen LogP contribution in [-0.2, 0) is 16.1 Å². The van der Waals surface area contributed by atoms with Gasteiger partial charge in [-0.05, 0) is 24.3 Å². The number of likely N-dealkylation sites (tertiary alicyclic amines) is 1. The molecule has 4 unspecified atom stereocenters. The van der Waals surface area contributed by atoms with E-state index in [1.165, 1.54) is 11.0 Å². The van der Waals surface area contributed by atoms with Crippen molar-refractivity contribution in [1.29, 1.82) is 0 Å². The van der Waals surface area contributed by atoms with Crippen LogP contribution >= 0.6 is 0 Å². The summed E-state index contributed by atoms with van der Waals surface area (Å²) < 4.78 is 13.7. The molecule has 0 spiro atoms. The minimum absolute atomic E-state index is 0.0436. The molecule has 1 heterocycles. The van der Waals surface area contributed by atoms with E-state index in [9.17, 15) is 14.0 Å². The van der Waals surface area contributed by atoms with Gasteiger partial charge < -0.3 is 10.6 Å². The Labute approximate surface area is 157 Å². The highest BCUT2D eigenvalue weighted by atomic mass is 19.1. The number of amides is 2. The normalized spacial score (nSPS) is 28.8. The standard InChI is InChI=1S/C20H23FN4O2/c1-22-20(24-11-14-4-2-3-5-15(14)21)23-8-9-25-18(26)16-12-6-7-13(10-12)17(16)19(25)27/h2-7,12-13,16-17H,8-11H2,1H3,(H2,22,23,24). The molecule has 2 bridgehead atoms. The molecule has 6 nitrogen and oxygen atoms in total. The van der Waals surface area contributed by atoms with Gasteiger partial charge >= 0.3 is 0 Å². The van der Waals surface area contributed by atoms with E-state index >= 15 is 0 Å². The molecule has 27 heavy (non-hydrogen) atoms. The lowest BCUT2D eigenvalue weighted by molar-refractivity contribution is -0.140. The first-order valence-electron chi connectivity index (χ1n) is 9.31. The predicted molar refractivity (Wildman–Crippen MR) is 99.0 cm³/mol. The van der Waals surface area contributed by atoms with Crippen molar-refractivity contribution in [3.8, 4) is 0 Å². The Morgan fingerprint density at radius 1 is 1.15 bits per heavy atom. The van der Waals surface area contributed by atoms with E-state index in [0.717, 1.165) is 6.42 Å². The first kappa shape index (κ1) is 17.7. The minimum atomic E-state index is -0.275. The fraction of sp³-hybridized carbons (Fsp3) is 0.450. The summed E-state index contributed by atoms with van der Waals surface area (Å²) in [4.78, 5) is 30.8. The zero-order chi connectivity index (χ0) is 19.0. The van der Waals surface area contributed by atoms with Crippen molar-refractivity contribution >= 4 is 17.8 Å². The molecular weight excluding hydrogens is 347 g/mol. The molecular formula is C20H23FN4O2. The van der Waals surface area contributed by atoms with Crippen molar-refractivity contribution in [1.82, 2.24) is 15.5 Å². The number of fused-ring (bicyclic) bond motifs is 5. The lowest BCUT2D eigenvalue weighted by atomic mass is 9.85. The highest BCUT2D eigenvalue weighted by Crippen LogP contribution is 2.52. The second-order valence-corrected chi connectivity index (χ2v) is 7.27. The number of nitrogens with one attached hydrogen (secondary N) is 2. The van der Waals surface area contributed by atoms with Crippen LogP contribution in [-0.4, -0.2) is 42.8 Å². The van der Waals surface area contributed by atoms with E-state index in [1.807, 2.05) is 0 Å². The first-order valence-corrected chi connectivity index (χ1v) is 9.31. The van der Waals surface area contributed by atoms with Crippen LogP contribution in [0.5, 0.6) is 0 Å². The summed E-state index contributed by atoms with van der Waals surface area (Å²) in [7, 11) is 1.62. The summed E-state index contributed by atoms with van der Waals surface area (Å²) in [5.41, 5.74) is 0.543. The number of halogens is 1. The molecule has 1 saturated heterocycles. The van der Waals surface area contributed by atoms with Crippen molar-refractivity contribution < 1.29 is 14.0 Å². The van der Waals surface area contributed by atoms with Crippen LogP contribution in [0.2, 0.25) is 0 Å². The van der Waals surface area contributed by atoms with E-state index in [4.69, 9.17) is 0 Å². The molecule has 7 heteroatoms. The average Bonchev–Trinajstić information content (AvgIpc) is 3.35. The highest BCUT2D eigenvalue weighted by molar-refractivity contribution is 6.06. The molecule has 1 aromatic rings. The largest absolute Gasteiger partial charge is 0.355 e. The lowest BCUT2D eigenvalue weighted by Crippen LogP contribution is -2.43. The number of rotatable bonds is 5. The lowest BCUT2D eigenvalue weighted by Gasteiger charge is -2.18. The van der Waals surface area contributed by atoms with Gasteiger partial charge in [0, 0.05) is 32.2 Å². The fourth-order valence-corrected chi connectivity index (χ4v) is 4.51. The Bertz CT molecular complexity index is 792. The van der Waals surface area contributed by atoms with Gasteiger partial charge in [-0.2, -0.15) is 0 Å². The van der Waals surface area contributed by atoms with Crippen LogP contribution in [0.3, 0.4) is 0 Å². The topological polar surface area (TPSA) is 73.8 Å². The summed E-state index contributed by atoms with van der Waals surface area (Å²) in [6.07, 6.45) is 5.12. The zero-order valence-corrected chi connectivity index (χ0v) is 15.2. The fourth-order valence-electron chi connectivity index (χ4n) is 4.51. The third-order valence-electron chi connectivity index (χ3n) is 5.82. The number of nitrogens with zero attached hydrogens (tertiary/aromatic N) is 2. The number of imide groups is 1. The molecule has 2 N–H and O–H groups in total. The zero-order valence-electron chi connectivity index (χ0n) is 15.2. The monoisotopic (exact) mass is 370 g/mol. The Balaban J connectivity index is 1.28. The Morgan fingerprint density at radius 3 is 2.44 bits per heavy atom. The molecule has 2 fully saturated rings. The van der Waals surface area contributed by atoms with Gasteiger partial charge in [0.05, 0.1) is 11.8 Å². The highest BCUT2D eigenvalue weighted by Gasteiger charge is 2.58. The molecule has 1 aliphatic heterocycles. The molecule has 4 rings (SSSR count). The van der Waals surface area contributed by atoms with Crippen molar-refractivity contribution in [3.63, 3.8) is 0 Å². The number of aliphatic imine (C=N–C) groups is 1. The van der Waals surface area contributed by atoms with Crippen LogP contribution in [0.4, 0.5) is 4.39 Å². The molecule has 0 radical (unpaired) electrons. The summed E-state index contributed by atoms with van der Waals surface area (Å²) >= 11 is 0. The predicted octanol–water partition coefficient (Wildman–Crippen LogP) is 1.30. The third kappa shape index (κ3) is 3.11. The Hall–Kier alpha value is -2.70. The number of allylic oxidation sites excluding steroid dienone is 2. The molecule has 4 atom stereocenters. The van der Waals surface area contributed by atoms with Gasteiger partial charge in [-0.3, -0.25) is 19.5 Å². The smallest absolute Gasteiger partial charge is 0.233 e. The molecule has 2 amide bonds. The van der Waals surface area contributed by atoms with Crippen molar-refractivity contribution in [3.05, 3.63) is 47.8 Å². The van der Waals surface area contributed by atoms with Crippen LogP contribution in [0.25, 0.3) is 0 Å². The van der Waals surface area contributed by atoms with E-state index in [2.05, 4.69) is 27.8 Å². The maximum absolute atomic E-state index is 13.7. The number of carbonyl (C=O) groups excluding carboxylic acids is 2. The van der Waals surface area contributed by atoms with Gasteiger partial charge in [0.25, 0.3) is 0 Å². The Kier molecular flexibility index (Phi) is 4.68. The number of guanidine groups is 1. The van der Waals surface area contributed by atoms with Gasteiger partial charge in [-0.25, -0.2) is 4.39 Å². The Morgan fingerprint density at radius 2 is 1.81 bits per heavy atom. The molecule has 142 valence electrons. The van der Waals surface area contributed by atoms with Crippen LogP contribution in [0.15, 0.2) is 41.4 Å². The minimum Gasteiger partial charge on any atom is -0.355 e. The van der Waals surface area contributed by atoms with E-state index in [0.29, 0.717) is 31.2 Å². The summed E-state index contributed by atoms with van der Waals surface area (Å²) in [5.74, 6) is 0.268. The molecule has 3 aliphatic rings. The van der Waals surface area contributed by atoms with Gasteiger partial charge in [-0.1, -0.05) is 30.4 Å². The van der Waals surface area contributed by atoms with Gasteiger partial charge in [0.1, 0.15) is 5.82 Å². The molecule has 2 aliphatic carbocycles. The van der Waals surface area contributed by atoms with Crippen molar-refractivity contribution in [2.75, 3.05) is 20.1 Å². The molecule has 0 aromatic heterocycles. The number of hydrogen-bond donors (Lipinski definition) is 2. The van der Waals surface area contributed by atoms with Gasteiger partial charge in [0.2, 0.25) is 11.8 Å². The second kappa shape index (κ2) is 7.13. The molecule has 1 saturated carbocycles. The average molecular weight is 370 g/mol. The summed E-state index contributed by atoms with van der Waals surface area (Å²) in [6, 6.07) is 6.54. The maximum Gasteiger partial charge on any atom is 0.233 e. The van der Waals surface area contributed by atoms with Crippen LogP contribution in [0.1, 0.15) is 12.0 Å². The molecule has 1 aromatic carbocycles. The number of benzene rings is 1. The second-order valence-electron chi connectivity index (χ2n) is 7.27. The van der Waals surface area contributed by atoms with E-state index in [1.54, 1.807) is 25.2 Å². The SMILES string of the molecule is CN=C(NCCN1C(=O)C2C3C=CC(C3)C2C1=O)NCc1ccccc1F. The third-order valence-corrected chi connectivity index (χ3v) is 5.82. The van der Waals surface area contributed by atoms with E-state index < -0.39 is 0 Å². The van der Waals surface area contributed by atoms with Gasteiger partial charge in [0.15, 0.2) is 5.96 Å². The van der Waals surface area contributed by atoms with Crippen molar-refractivity contribution in [2.24, 2.45) is 28.7 Å². The number of carbonyl (C=O) groups is 2. The summed E-state index contributed by atoms with van der Waals surface area (Å²) in [5, 5.41) is 6.12. The van der Waals surface area contributed by atoms with Crippen LogP contribution in [0, 0.1) is 29.5 Å². The first-order chi connectivity index (χ1) is 13.1. The van der Waals surface area contributed by atoms with Crippen LogP contribution < -0.4 is 10.6 Å². The van der Waals surface area contributed by atoms with Gasteiger partial charge in [-0.15, -0.1) is 0 Å². The summed E-state index contributed by atoms with van der Waals surface area (Å²) in [6.45, 7) is 1.01.